The van der Waals surface area contributed by atoms with Crippen molar-refractivity contribution in [3.63, 3.8) is 0 Å². The molecule has 6 heteroatoms. The third-order valence-electron chi connectivity index (χ3n) is 3.59. The minimum Gasteiger partial charge on any atom is -0.396 e. The number of nitrogens with zero attached hydrogens (tertiary/aromatic N) is 4. The van der Waals surface area contributed by atoms with Crippen LogP contribution in [0.2, 0.25) is 0 Å². The van der Waals surface area contributed by atoms with Gasteiger partial charge >= 0.3 is 0 Å². The van der Waals surface area contributed by atoms with Crippen molar-refractivity contribution in [3.8, 4) is 0 Å². The third kappa shape index (κ3) is 3.95. The molecular formula is C15H24N4OS. The van der Waals surface area contributed by atoms with Crippen molar-refractivity contribution in [2.45, 2.75) is 58.0 Å². The fourth-order valence-corrected chi connectivity index (χ4v) is 3.16. The van der Waals surface area contributed by atoms with Crippen LogP contribution in [0.15, 0.2) is 5.16 Å². The van der Waals surface area contributed by atoms with Crippen molar-refractivity contribution in [1.29, 1.82) is 0 Å². The van der Waals surface area contributed by atoms with Gasteiger partial charge in [0.15, 0.2) is 0 Å². The molecule has 0 bridgehead atoms. The zero-order valence-corrected chi connectivity index (χ0v) is 13.9. The lowest BCUT2D eigenvalue weighted by molar-refractivity contribution is 0.287. The van der Waals surface area contributed by atoms with Crippen LogP contribution in [0.3, 0.4) is 0 Å². The molecule has 0 unspecified atom stereocenters. The monoisotopic (exact) mass is 308 g/mol. The maximum absolute atomic E-state index is 8.79. The van der Waals surface area contributed by atoms with Gasteiger partial charge in [0.25, 0.3) is 5.78 Å². The highest BCUT2D eigenvalue weighted by molar-refractivity contribution is 7.99. The van der Waals surface area contributed by atoms with Crippen LogP contribution in [-0.2, 0) is 6.42 Å². The van der Waals surface area contributed by atoms with E-state index >= 15 is 0 Å². The second kappa shape index (κ2) is 7.75. The van der Waals surface area contributed by atoms with E-state index in [2.05, 4.69) is 35.8 Å². The average molecular weight is 308 g/mol. The first kappa shape index (κ1) is 16.2. The Bertz CT molecular complexity index is 597. The minimum absolute atomic E-state index is 0.250. The lowest BCUT2D eigenvalue weighted by Gasteiger charge is -2.09. The zero-order chi connectivity index (χ0) is 15.2. The topological polar surface area (TPSA) is 63.3 Å². The lowest BCUT2D eigenvalue weighted by Crippen LogP contribution is -2.05. The number of rotatable bonds is 8. The maximum Gasteiger partial charge on any atom is 0.253 e. The van der Waals surface area contributed by atoms with E-state index in [0.717, 1.165) is 41.6 Å². The summed E-state index contributed by atoms with van der Waals surface area (Å²) in [5.74, 6) is 1.62. The van der Waals surface area contributed by atoms with Crippen molar-refractivity contribution in [2.75, 3.05) is 12.4 Å². The molecule has 21 heavy (non-hydrogen) atoms. The summed E-state index contributed by atoms with van der Waals surface area (Å²) >= 11 is 1.63. The van der Waals surface area contributed by atoms with Crippen LogP contribution in [0.1, 0.15) is 49.6 Å². The number of hydrogen-bond donors (Lipinski definition) is 1. The van der Waals surface area contributed by atoms with E-state index in [1.807, 2.05) is 4.52 Å². The Balaban J connectivity index is 2.20. The number of aliphatic hydroxyl groups excluding tert-OH is 1. The number of unbranched alkanes of at least 4 members (excludes halogenated alkanes) is 2. The summed E-state index contributed by atoms with van der Waals surface area (Å²) in [7, 11) is 0. The average Bonchev–Trinajstić information content (AvgIpc) is 2.86. The normalized spacial score (nSPS) is 11.4. The van der Waals surface area contributed by atoms with Crippen LogP contribution in [0.25, 0.3) is 5.78 Å². The summed E-state index contributed by atoms with van der Waals surface area (Å²) in [5.41, 5.74) is 3.52. The first-order valence-corrected chi connectivity index (χ1v) is 8.62. The largest absolute Gasteiger partial charge is 0.396 e. The Morgan fingerprint density at radius 2 is 1.95 bits per heavy atom. The molecule has 0 spiro atoms. The number of aromatic nitrogens is 4. The smallest absolute Gasteiger partial charge is 0.253 e. The molecule has 0 fully saturated rings. The summed E-state index contributed by atoms with van der Waals surface area (Å²) in [6.07, 6.45) is 5.21. The fraction of sp³-hybridized carbons (Fsp3) is 0.667. The molecule has 2 heterocycles. The van der Waals surface area contributed by atoms with Crippen LogP contribution in [0, 0.1) is 13.8 Å². The summed E-state index contributed by atoms with van der Waals surface area (Å²) in [4.78, 5) is 9.09. The van der Waals surface area contributed by atoms with E-state index in [4.69, 9.17) is 5.11 Å². The molecule has 0 amide bonds. The molecule has 0 aliphatic heterocycles. The van der Waals surface area contributed by atoms with E-state index in [9.17, 15) is 0 Å². The lowest BCUT2D eigenvalue weighted by atomic mass is 10.1. The van der Waals surface area contributed by atoms with Crippen LogP contribution in [0.4, 0.5) is 0 Å². The Morgan fingerprint density at radius 3 is 2.67 bits per heavy atom. The molecule has 0 atom stereocenters. The summed E-state index contributed by atoms with van der Waals surface area (Å²) < 4.78 is 1.87. The van der Waals surface area contributed by atoms with Gasteiger partial charge in [-0.1, -0.05) is 25.1 Å². The van der Waals surface area contributed by atoms with Gasteiger partial charge in [0.1, 0.15) is 0 Å². The van der Waals surface area contributed by atoms with E-state index in [1.165, 1.54) is 18.4 Å². The number of aliphatic hydroxyl groups is 1. The molecule has 0 aromatic carbocycles. The molecule has 116 valence electrons. The van der Waals surface area contributed by atoms with Gasteiger partial charge in [-0.3, -0.25) is 0 Å². The Kier molecular flexibility index (Phi) is 5.99. The second-order valence-corrected chi connectivity index (χ2v) is 6.31. The summed E-state index contributed by atoms with van der Waals surface area (Å²) in [5, 5.41) is 14.1. The molecule has 2 aromatic heterocycles. The van der Waals surface area contributed by atoms with Crippen molar-refractivity contribution >= 4 is 17.5 Å². The number of aryl methyl sites for hydroxylation is 2. The quantitative estimate of drug-likeness (QED) is 0.600. The highest BCUT2D eigenvalue weighted by Crippen LogP contribution is 2.20. The molecule has 0 saturated carbocycles. The summed E-state index contributed by atoms with van der Waals surface area (Å²) in [6.45, 7) is 6.61. The van der Waals surface area contributed by atoms with Gasteiger partial charge in [-0.2, -0.15) is 4.98 Å². The van der Waals surface area contributed by atoms with Gasteiger partial charge in [0.2, 0.25) is 5.16 Å². The standard InChI is InChI=1S/C15H24N4OS/c1-4-5-8-13-11(2)16-14-17-15(18-19(14)12(13)3)21-10-7-6-9-20/h20H,4-10H2,1-3H3. The Hall–Kier alpha value is -1.14. The first-order valence-electron chi connectivity index (χ1n) is 7.63. The van der Waals surface area contributed by atoms with Crippen molar-refractivity contribution < 1.29 is 5.11 Å². The van der Waals surface area contributed by atoms with Crippen LogP contribution < -0.4 is 0 Å². The van der Waals surface area contributed by atoms with Gasteiger partial charge in [0, 0.05) is 23.7 Å². The molecule has 0 radical (unpaired) electrons. The Labute approximate surface area is 130 Å². The first-order chi connectivity index (χ1) is 10.2. The SMILES string of the molecule is CCCCc1c(C)nc2nc(SCCCCO)nn2c1C. The van der Waals surface area contributed by atoms with Crippen molar-refractivity contribution in [2.24, 2.45) is 0 Å². The van der Waals surface area contributed by atoms with E-state index < -0.39 is 0 Å². The second-order valence-electron chi connectivity index (χ2n) is 5.25. The summed E-state index contributed by atoms with van der Waals surface area (Å²) in [6, 6.07) is 0. The molecule has 5 nitrogen and oxygen atoms in total. The highest BCUT2D eigenvalue weighted by Gasteiger charge is 2.13. The van der Waals surface area contributed by atoms with Gasteiger partial charge < -0.3 is 5.11 Å². The minimum atomic E-state index is 0.250. The van der Waals surface area contributed by atoms with Crippen LogP contribution in [-0.4, -0.2) is 37.0 Å². The number of thioether (sulfide) groups is 1. The predicted molar refractivity (Wildman–Crippen MR) is 85.9 cm³/mol. The molecular weight excluding hydrogens is 284 g/mol. The number of hydrogen-bond acceptors (Lipinski definition) is 5. The molecule has 0 aliphatic carbocycles. The van der Waals surface area contributed by atoms with E-state index in [0.29, 0.717) is 5.78 Å². The van der Waals surface area contributed by atoms with Gasteiger partial charge in [-0.25, -0.2) is 9.50 Å². The van der Waals surface area contributed by atoms with Crippen molar-refractivity contribution in [1.82, 2.24) is 19.6 Å². The predicted octanol–water partition coefficient (Wildman–Crippen LogP) is 2.95. The van der Waals surface area contributed by atoms with Gasteiger partial charge in [-0.05, 0) is 45.1 Å². The van der Waals surface area contributed by atoms with E-state index in [-0.39, 0.29) is 6.61 Å². The maximum atomic E-state index is 8.79. The van der Waals surface area contributed by atoms with Crippen LogP contribution >= 0.6 is 11.8 Å². The van der Waals surface area contributed by atoms with Gasteiger partial charge in [0.05, 0.1) is 0 Å². The molecule has 1 N–H and O–H groups in total. The van der Waals surface area contributed by atoms with Gasteiger partial charge in [-0.15, -0.1) is 5.10 Å². The van der Waals surface area contributed by atoms with E-state index in [1.54, 1.807) is 11.8 Å². The molecule has 0 aliphatic rings. The highest BCUT2D eigenvalue weighted by atomic mass is 32.2. The third-order valence-corrected chi connectivity index (χ3v) is 4.52. The fourth-order valence-electron chi connectivity index (χ4n) is 2.34. The zero-order valence-electron chi connectivity index (χ0n) is 13.1. The van der Waals surface area contributed by atoms with Crippen LogP contribution in [0.5, 0.6) is 0 Å². The van der Waals surface area contributed by atoms with Crippen molar-refractivity contribution in [3.05, 3.63) is 17.0 Å². The Morgan fingerprint density at radius 1 is 1.14 bits per heavy atom. The number of fused-ring (bicyclic) bond motifs is 1. The molecule has 2 aromatic rings. The molecule has 2 rings (SSSR count). The molecule has 0 saturated heterocycles.